The van der Waals surface area contributed by atoms with E-state index in [4.69, 9.17) is 5.73 Å². The molecule has 2 unspecified atom stereocenters. The van der Waals surface area contributed by atoms with E-state index < -0.39 is 18.1 Å². The third kappa shape index (κ3) is 3.81. The number of rotatable bonds is 5. The molecule has 0 bridgehead atoms. The molecule has 1 aromatic rings. The first-order chi connectivity index (χ1) is 8.04. The van der Waals surface area contributed by atoms with Crippen molar-refractivity contribution in [3.63, 3.8) is 0 Å². The van der Waals surface area contributed by atoms with Gasteiger partial charge in [-0.05, 0) is 17.7 Å². The van der Waals surface area contributed by atoms with Crippen molar-refractivity contribution in [2.75, 3.05) is 0 Å². The first kappa shape index (κ1) is 13.1. The van der Waals surface area contributed by atoms with Crippen LogP contribution in [0, 0.1) is 0 Å². The minimum atomic E-state index is -1.26. The highest BCUT2D eigenvalue weighted by molar-refractivity contribution is 5.74. The van der Waals surface area contributed by atoms with Crippen LogP contribution >= 0.6 is 0 Å². The van der Waals surface area contributed by atoms with Crippen molar-refractivity contribution in [3.05, 3.63) is 29.8 Å². The normalized spacial score (nSPS) is 13.5. The van der Waals surface area contributed by atoms with Crippen molar-refractivity contribution >= 4 is 17.7 Å². The van der Waals surface area contributed by atoms with Crippen LogP contribution in [0.5, 0.6) is 0 Å². The van der Waals surface area contributed by atoms with Crippen LogP contribution in [0.4, 0.5) is 5.69 Å². The fourth-order valence-corrected chi connectivity index (χ4v) is 1.34. The molecule has 1 rings (SSSR count). The second kappa shape index (κ2) is 5.91. The number of primary amides is 1. The summed E-state index contributed by atoms with van der Waals surface area (Å²) in [6, 6.07) is 5.96. The van der Waals surface area contributed by atoms with Gasteiger partial charge in [0, 0.05) is 0 Å². The molecule has 0 saturated heterocycles. The smallest absolute Gasteiger partial charge is 0.240 e. The monoisotopic (exact) mass is 236 g/mol. The summed E-state index contributed by atoms with van der Waals surface area (Å²) in [5, 5.41) is 19.2. The fraction of sp³-hybridized carbons (Fsp3) is 0.273. The SMILES string of the molecule is NC(=O)CC(O)C(O)c1ccc(N=C=O)cc1. The van der Waals surface area contributed by atoms with Crippen molar-refractivity contribution < 1.29 is 19.8 Å². The van der Waals surface area contributed by atoms with E-state index in [0.717, 1.165) is 0 Å². The summed E-state index contributed by atoms with van der Waals surface area (Å²) >= 11 is 0. The summed E-state index contributed by atoms with van der Waals surface area (Å²) < 4.78 is 0. The molecule has 0 spiro atoms. The molecule has 2 atom stereocenters. The first-order valence-electron chi connectivity index (χ1n) is 4.87. The number of hydrogen-bond donors (Lipinski definition) is 3. The van der Waals surface area contributed by atoms with Gasteiger partial charge in [-0.2, -0.15) is 4.99 Å². The predicted molar refractivity (Wildman–Crippen MR) is 59.0 cm³/mol. The number of nitrogens with two attached hydrogens (primary N) is 1. The molecule has 0 fully saturated rings. The maximum Gasteiger partial charge on any atom is 0.240 e. The Kier molecular flexibility index (Phi) is 4.54. The molecule has 0 aliphatic heterocycles. The molecule has 4 N–H and O–H groups in total. The topological polar surface area (TPSA) is 113 Å². The van der Waals surface area contributed by atoms with Crippen LogP contribution in [0.3, 0.4) is 0 Å². The Bertz CT molecular complexity index is 437. The van der Waals surface area contributed by atoms with Gasteiger partial charge in [0.25, 0.3) is 0 Å². The second-order valence-corrected chi connectivity index (χ2v) is 3.48. The summed E-state index contributed by atoms with van der Waals surface area (Å²) in [4.78, 5) is 23.9. The minimum absolute atomic E-state index is 0.324. The molecule has 6 heteroatoms. The van der Waals surface area contributed by atoms with Crippen molar-refractivity contribution in [1.82, 2.24) is 0 Å². The molecule has 0 aliphatic rings. The highest BCUT2D eigenvalue weighted by Gasteiger charge is 2.20. The van der Waals surface area contributed by atoms with Crippen LogP contribution in [0.2, 0.25) is 0 Å². The van der Waals surface area contributed by atoms with Crippen molar-refractivity contribution in [2.45, 2.75) is 18.6 Å². The maximum atomic E-state index is 10.6. The number of amides is 1. The lowest BCUT2D eigenvalue weighted by Gasteiger charge is -2.16. The van der Waals surface area contributed by atoms with E-state index in [2.05, 4.69) is 4.99 Å². The molecule has 1 amide bonds. The predicted octanol–water partition coefficient (Wildman–Crippen LogP) is -0.0764. The van der Waals surface area contributed by atoms with Gasteiger partial charge in [-0.25, -0.2) is 4.79 Å². The molecule has 17 heavy (non-hydrogen) atoms. The number of aliphatic imine (C=N–C) groups is 1. The average molecular weight is 236 g/mol. The Morgan fingerprint density at radius 3 is 2.41 bits per heavy atom. The van der Waals surface area contributed by atoms with Crippen LogP contribution in [0.25, 0.3) is 0 Å². The van der Waals surface area contributed by atoms with Gasteiger partial charge in [-0.15, -0.1) is 0 Å². The number of isocyanates is 1. The molecule has 90 valence electrons. The van der Waals surface area contributed by atoms with Gasteiger partial charge >= 0.3 is 0 Å². The summed E-state index contributed by atoms with van der Waals surface area (Å²) in [6.45, 7) is 0. The summed E-state index contributed by atoms with van der Waals surface area (Å²) in [5.41, 5.74) is 5.70. The van der Waals surface area contributed by atoms with Crippen molar-refractivity contribution in [3.8, 4) is 0 Å². The minimum Gasteiger partial charge on any atom is -0.390 e. The molecule has 0 aliphatic carbocycles. The Balaban J connectivity index is 2.78. The quantitative estimate of drug-likeness (QED) is 0.490. The zero-order chi connectivity index (χ0) is 12.8. The number of hydrogen-bond acceptors (Lipinski definition) is 5. The van der Waals surface area contributed by atoms with Crippen LogP contribution in [-0.2, 0) is 9.59 Å². The molecular formula is C11H12N2O4. The van der Waals surface area contributed by atoms with Crippen LogP contribution < -0.4 is 5.73 Å². The highest BCUT2D eigenvalue weighted by Crippen LogP contribution is 2.21. The van der Waals surface area contributed by atoms with Gasteiger partial charge in [0.2, 0.25) is 12.0 Å². The Morgan fingerprint density at radius 2 is 1.94 bits per heavy atom. The van der Waals surface area contributed by atoms with Gasteiger partial charge < -0.3 is 15.9 Å². The lowest BCUT2D eigenvalue weighted by atomic mass is 10.0. The van der Waals surface area contributed by atoms with E-state index in [0.29, 0.717) is 11.3 Å². The van der Waals surface area contributed by atoms with Crippen LogP contribution in [-0.4, -0.2) is 28.3 Å². The third-order valence-electron chi connectivity index (χ3n) is 2.18. The molecule has 0 radical (unpaired) electrons. The number of nitrogens with zero attached hydrogens (tertiary/aromatic N) is 1. The van der Waals surface area contributed by atoms with Gasteiger partial charge in [0.15, 0.2) is 0 Å². The highest BCUT2D eigenvalue weighted by atomic mass is 16.3. The molecule has 0 heterocycles. The van der Waals surface area contributed by atoms with Gasteiger partial charge in [-0.3, -0.25) is 4.79 Å². The van der Waals surface area contributed by atoms with E-state index in [1.165, 1.54) is 30.3 Å². The summed E-state index contributed by atoms with van der Waals surface area (Å²) in [7, 11) is 0. The van der Waals surface area contributed by atoms with Crippen molar-refractivity contribution in [1.29, 1.82) is 0 Å². The first-order valence-corrected chi connectivity index (χ1v) is 4.87. The molecular weight excluding hydrogens is 224 g/mol. The van der Waals surface area contributed by atoms with E-state index in [1.807, 2.05) is 0 Å². The van der Waals surface area contributed by atoms with E-state index in [1.54, 1.807) is 0 Å². The number of aliphatic hydroxyl groups excluding tert-OH is 2. The van der Waals surface area contributed by atoms with Crippen molar-refractivity contribution in [2.24, 2.45) is 10.7 Å². The lowest BCUT2D eigenvalue weighted by Crippen LogP contribution is -2.25. The average Bonchev–Trinajstić information content (AvgIpc) is 2.28. The molecule has 6 nitrogen and oxygen atoms in total. The lowest BCUT2D eigenvalue weighted by molar-refractivity contribution is -0.121. The van der Waals surface area contributed by atoms with Gasteiger partial charge in [0.05, 0.1) is 18.2 Å². The number of carbonyl (C=O) groups excluding carboxylic acids is 2. The number of carbonyl (C=O) groups is 1. The summed E-state index contributed by atoms with van der Waals surface area (Å²) in [5.74, 6) is -0.696. The number of aliphatic hydroxyl groups is 2. The van der Waals surface area contributed by atoms with Gasteiger partial charge in [0.1, 0.15) is 6.10 Å². The Hall–Kier alpha value is -2.01. The molecule has 0 aromatic heterocycles. The van der Waals surface area contributed by atoms with E-state index in [9.17, 15) is 19.8 Å². The van der Waals surface area contributed by atoms with Gasteiger partial charge in [-0.1, -0.05) is 12.1 Å². The summed E-state index contributed by atoms with van der Waals surface area (Å²) in [6.07, 6.45) is -1.41. The van der Waals surface area contributed by atoms with Crippen LogP contribution in [0.1, 0.15) is 18.1 Å². The van der Waals surface area contributed by atoms with Crippen LogP contribution in [0.15, 0.2) is 29.3 Å². The molecule has 0 saturated carbocycles. The molecule has 1 aromatic carbocycles. The Morgan fingerprint density at radius 1 is 1.35 bits per heavy atom. The largest absolute Gasteiger partial charge is 0.390 e. The fourth-order valence-electron chi connectivity index (χ4n) is 1.34. The second-order valence-electron chi connectivity index (χ2n) is 3.48. The maximum absolute atomic E-state index is 10.6. The van der Waals surface area contributed by atoms with E-state index >= 15 is 0 Å². The zero-order valence-electron chi connectivity index (χ0n) is 8.91. The Labute approximate surface area is 97.4 Å². The number of benzene rings is 1. The third-order valence-corrected chi connectivity index (χ3v) is 2.18. The van der Waals surface area contributed by atoms with E-state index in [-0.39, 0.29) is 6.42 Å². The zero-order valence-corrected chi connectivity index (χ0v) is 8.91. The standard InChI is InChI=1S/C11H12N2O4/c12-10(16)5-9(15)11(17)7-1-3-8(4-2-7)13-6-14/h1-4,9,11,15,17H,5H2,(H2,12,16).